The highest BCUT2D eigenvalue weighted by atomic mass is 16.3. The number of phenolic OH excluding ortho intramolecular Hbond substituents is 1. The first-order chi connectivity index (χ1) is 9.04. The van der Waals surface area contributed by atoms with Crippen LogP contribution in [0.3, 0.4) is 0 Å². The van der Waals surface area contributed by atoms with Crippen LogP contribution in [0.2, 0.25) is 0 Å². The fourth-order valence-corrected chi connectivity index (χ4v) is 2.44. The van der Waals surface area contributed by atoms with Gasteiger partial charge in [-0.3, -0.25) is 0 Å². The Morgan fingerprint density at radius 3 is 2.53 bits per heavy atom. The number of H-pyrrole nitrogens is 1. The molecule has 0 aliphatic carbocycles. The maximum absolute atomic E-state index is 10.0. The maximum Gasteiger partial charge on any atom is 0.142 e. The van der Waals surface area contributed by atoms with Gasteiger partial charge in [0.1, 0.15) is 11.6 Å². The van der Waals surface area contributed by atoms with Crippen molar-refractivity contribution in [2.24, 2.45) is 0 Å². The van der Waals surface area contributed by atoms with Crippen LogP contribution in [0, 0.1) is 20.8 Å². The second kappa shape index (κ2) is 4.12. The highest BCUT2D eigenvalue weighted by Gasteiger charge is 2.11. The molecule has 0 aliphatic rings. The van der Waals surface area contributed by atoms with Crippen molar-refractivity contribution >= 4 is 11.0 Å². The number of imidazole rings is 1. The Morgan fingerprint density at radius 2 is 1.79 bits per heavy atom. The topological polar surface area (TPSA) is 48.9 Å². The standard InChI is InChI=1S/C16H16N2O/c1-9-4-5-12(14(19)8-9)16-17-13-7-10(2)6-11(3)15(13)18-16/h4-8,19H,1-3H3,(H,17,18). The molecule has 0 fully saturated rings. The molecular formula is C16H16N2O. The summed E-state index contributed by atoms with van der Waals surface area (Å²) >= 11 is 0. The first-order valence-electron chi connectivity index (χ1n) is 6.31. The minimum absolute atomic E-state index is 0.258. The van der Waals surface area contributed by atoms with E-state index in [0.29, 0.717) is 5.82 Å². The quantitative estimate of drug-likeness (QED) is 0.691. The van der Waals surface area contributed by atoms with Crippen molar-refractivity contribution in [2.75, 3.05) is 0 Å². The summed E-state index contributed by atoms with van der Waals surface area (Å²) in [7, 11) is 0. The molecule has 0 saturated carbocycles. The Bertz CT molecular complexity index is 772. The summed E-state index contributed by atoms with van der Waals surface area (Å²) < 4.78 is 0. The van der Waals surface area contributed by atoms with Crippen molar-refractivity contribution in [1.29, 1.82) is 0 Å². The zero-order valence-corrected chi connectivity index (χ0v) is 11.3. The lowest BCUT2D eigenvalue weighted by molar-refractivity contribution is 0.476. The summed E-state index contributed by atoms with van der Waals surface area (Å²) in [5.41, 5.74) is 6.08. The largest absolute Gasteiger partial charge is 0.507 e. The van der Waals surface area contributed by atoms with Crippen molar-refractivity contribution in [3.8, 4) is 17.1 Å². The molecule has 19 heavy (non-hydrogen) atoms. The van der Waals surface area contributed by atoms with E-state index in [1.165, 1.54) is 5.56 Å². The van der Waals surface area contributed by atoms with Crippen molar-refractivity contribution in [3.05, 3.63) is 47.0 Å². The van der Waals surface area contributed by atoms with Crippen LogP contribution < -0.4 is 0 Å². The van der Waals surface area contributed by atoms with E-state index in [9.17, 15) is 5.11 Å². The lowest BCUT2D eigenvalue weighted by Gasteiger charge is -2.01. The Hall–Kier alpha value is -2.29. The number of fused-ring (bicyclic) bond motifs is 1. The van der Waals surface area contributed by atoms with Crippen LogP contribution in [0.15, 0.2) is 30.3 Å². The van der Waals surface area contributed by atoms with Gasteiger partial charge in [0.05, 0.1) is 16.6 Å². The van der Waals surface area contributed by atoms with Gasteiger partial charge in [0.2, 0.25) is 0 Å². The predicted octanol–water partition coefficient (Wildman–Crippen LogP) is 3.86. The van der Waals surface area contributed by atoms with Gasteiger partial charge in [-0.05, 0) is 55.7 Å². The molecule has 1 aromatic heterocycles. The summed E-state index contributed by atoms with van der Waals surface area (Å²) in [4.78, 5) is 7.88. The number of benzene rings is 2. The number of aromatic hydroxyl groups is 1. The number of hydrogen-bond acceptors (Lipinski definition) is 2. The molecule has 0 radical (unpaired) electrons. The van der Waals surface area contributed by atoms with Crippen LogP contribution >= 0.6 is 0 Å². The van der Waals surface area contributed by atoms with E-state index < -0.39 is 0 Å². The van der Waals surface area contributed by atoms with Crippen molar-refractivity contribution in [2.45, 2.75) is 20.8 Å². The third-order valence-corrected chi connectivity index (χ3v) is 3.33. The van der Waals surface area contributed by atoms with E-state index in [1.807, 2.05) is 19.1 Å². The number of phenols is 1. The molecule has 1 heterocycles. The molecule has 0 bridgehead atoms. The van der Waals surface area contributed by atoms with E-state index in [-0.39, 0.29) is 5.75 Å². The Balaban J connectivity index is 2.23. The second-order valence-corrected chi connectivity index (χ2v) is 5.08. The molecule has 3 nitrogen and oxygen atoms in total. The zero-order valence-electron chi connectivity index (χ0n) is 11.3. The molecular weight excluding hydrogens is 236 g/mol. The first-order valence-corrected chi connectivity index (χ1v) is 6.31. The third-order valence-electron chi connectivity index (χ3n) is 3.33. The van der Waals surface area contributed by atoms with Crippen LogP contribution in [0.25, 0.3) is 22.4 Å². The number of rotatable bonds is 1. The summed E-state index contributed by atoms with van der Waals surface area (Å²) in [5, 5.41) is 10.0. The van der Waals surface area contributed by atoms with Crippen LogP contribution in [-0.2, 0) is 0 Å². The summed E-state index contributed by atoms with van der Waals surface area (Å²) in [6.07, 6.45) is 0. The van der Waals surface area contributed by atoms with Gasteiger partial charge in [-0.25, -0.2) is 4.98 Å². The lowest BCUT2D eigenvalue weighted by atomic mass is 10.1. The molecule has 0 amide bonds. The number of hydrogen-bond donors (Lipinski definition) is 2. The number of nitrogens with one attached hydrogen (secondary N) is 1. The van der Waals surface area contributed by atoms with E-state index >= 15 is 0 Å². The van der Waals surface area contributed by atoms with E-state index in [0.717, 1.165) is 27.7 Å². The molecule has 0 aliphatic heterocycles. The minimum atomic E-state index is 0.258. The zero-order chi connectivity index (χ0) is 13.6. The van der Waals surface area contributed by atoms with Crippen molar-refractivity contribution in [3.63, 3.8) is 0 Å². The fraction of sp³-hybridized carbons (Fsp3) is 0.188. The average Bonchev–Trinajstić information content (AvgIpc) is 2.72. The van der Waals surface area contributed by atoms with Gasteiger partial charge in [-0.15, -0.1) is 0 Å². The normalized spacial score (nSPS) is 11.1. The third kappa shape index (κ3) is 1.97. The van der Waals surface area contributed by atoms with Crippen LogP contribution in [0.4, 0.5) is 0 Å². The number of aromatic amines is 1. The smallest absolute Gasteiger partial charge is 0.142 e. The molecule has 2 aromatic carbocycles. The molecule has 96 valence electrons. The number of aryl methyl sites for hydroxylation is 3. The summed E-state index contributed by atoms with van der Waals surface area (Å²) in [5.74, 6) is 0.967. The van der Waals surface area contributed by atoms with Crippen LogP contribution in [0.1, 0.15) is 16.7 Å². The molecule has 0 atom stereocenters. The molecule has 2 N–H and O–H groups in total. The molecule has 3 rings (SSSR count). The monoisotopic (exact) mass is 252 g/mol. The Morgan fingerprint density at radius 1 is 1.00 bits per heavy atom. The molecule has 0 unspecified atom stereocenters. The SMILES string of the molecule is Cc1ccc(-c2nc3c(C)cc(C)cc3[nH]2)c(O)c1. The molecule has 3 aromatic rings. The van der Waals surface area contributed by atoms with Gasteiger partial charge >= 0.3 is 0 Å². The van der Waals surface area contributed by atoms with Crippen LogP contribution in [-0.4, -0.2) is 15.1 Å². The Labute approximate surface area is 111 Å². The van der Waals surface area contributed by atoms with Gasteiger partial charge in [0.25, 0.3) is 0 Å². The van der Waals surface area contributed by atoms with Gasteiger partial charge in [-0.2, -0.15) is 0 Å². The number of nitrogens with zero attached hydrogens (tertiary/aromatic N) is 1. The Kier molecular flexibility index (Phi) is 2.56. The van der Waals surface area contributed by atoms with Crippen LogP contribution in [0.5, 0.6) is 5.75 Å². The van der Waals surface area contributed by atoms with Gasteiger partial charge in [0, 0.05) is 0 Å². The minimum Gasteiger partial charge on any atom is -0.507 e. The second-order valence-electron chi connectivity index (χ2n) is 5.08. The maximum atomic E-state index is 10.0. The fourth-order valence-electron chi connectivity index (χ4n) is 2.44. The van der Waals surface area contributed by atoms with Crippen molar-refractivity contribution in [1.82, 2.24) is 9.97 Å². The van der Waals surface area contributed by atoms with Gasteiger partial charge in [-0.1, -0.05) is 12.1 Å². The van der Waals surface area contributed by atoms with E-state index in [1.54, 1.807) is 6.07 Å². The van der Waals surface area contributed by atoms with Crippen molar-refractivity contribution < 1.29 is 5.11 Å². The highest BCUT2D eigenvalue weighted by molar-refractivity contribution is 5.83. The predicted molar refractivity (Wildman–Crippen MR) is 77.4 cm³/mol. The molecule has 3 heteroatoms. The first kappa shape index (κ1) is 11.8. The summed E-state index contributed by atoms with van der Waals surface area (Å²) in [6.45, 7) is 6.07. The average molecular weight is 252 g/mol. The highest BCUT2D eigenvalue weighted by Crippen LogP contribution is 2.30. The summed E-state index contributed by atoms with van der Waals surface area (Å²) in [6, 6.07) is 9.80. The van der Waals surface area contributed by atoms with Gasteiger partial charge < -0.3 is 10.1 Å². The van der Waals surface area contributed by atoms with E-state index in [2.05, 4.69) is 35.9 Å². The molecule has 0 saturated heterocycles. The molecule has 0 spiro atoms. The number of aromatic nitrogens is 2. The lowest BCUT2D eigenvalue weighted by Crippen LogP contribution is -1.82. The van der Waals surface area contributed by atoms with Gasteiger partial charge in [0.15, 0.2) is 0 Å². The van der Waals surface area contributed by atoms with E-state index in [4.69, 9.17) is 0 Å².